The first-order valence-electron chi connectivity index (χ1n) is 9.84. The minimum Gasteiger partial charge on any atom is -0.489 e. The molecule has 1 saturated heterocycles. The van der Waals surface area contributed by atoms with Crippen LogP contribution in [0, 0.1) is 17.8 Å². The van der Waals surface area contributed by atoms with E-state index in [2.05, 4.69) is 6.58 Å². The number of hydrogen-bond donors (Lipinski definition) is 0. The molecule has 1 amide bonds. The summed E-state index contributed by atoms with van der Waals surface area (Å²) >= 11 is 12.3. The zero-order valence-electron chi connectivity index (χ0n) is 17.0. The molecule has 1 aromatic carbocycles. The van der Waals surface area contributed by atoms with Gasteiger partial charge in [0.2, 0.25) is 0 Å². The van der Waals surface area contributed by atoms with Crippen molar-refractivity contribution < 1.29 is 19.1 Å². The van der Waals surface area contributed by atoms with E-state index < -0.39 is 5.60 Å². The van der Waals surface area contributed by atoms with Crippen molar-refractivity contribution in [2.45, 2.75) is 39.2 Å². The number of nitrogens with zero attached hydrogens (tertiary/aromatic N) is 1. The molecule has 1 unspecified atom stereocenters. The Hall–Kier alpha value is -1.72. The highest BCUT2D eigenvalue weighted by Crippen LogP contribution is 2.44. The van der Waals surface area contributed by atoms with Crippen LogP contribution in [0.2, 0.25) is 10.0 Å². The monoisotopic (exact) mass is 439 g/mol. The Balaban J connectivity index is 1.68. The van der Waals surface area contributed by atoms with Gasteiger partial charge in [-0.1, -0.05) is 35.9 Å². The fourth-order valence-electron chi connectivity index (χ4n) is 4.20. The summed E-state index contributed by atoms with van der Waals surface area (Å²) in [5, 5.41) is 0.675. The third kappa shape index (κ3) is 5.07. The van der Waals surface area contributed by atoms with E-state index >= 15 is 0 Å². The quantitative estimate of drug-likeness (QED) is 0.440. The molecule has 1 aromatic rings. The van der Waals surface area contributed by atoms with Crippen LogP contribution in [-0.2, 0) is 4.74 Å². The number of likely N-dealkylation sites (tertiary alicyclic amines) is 1. The number of halogens is 2. The Morgan fingerprint density at radius 3 is 2.31 bits per heavy atom. The van der Waals surface area contributed by atoms with E-state index in [-0.39, 0.29) is 24.4 Å². The van der Waals surface area contributed by atoms with Crippen molar-refractivity contribution in [3.8, 4) is 5.75 Å². The van der Waals surface area contributed by atoms with Crippen LogP contribution in [-0.4, -0.2) is 42.1 Å². The highest BCUT2D eigenvalue weighted by Gasteiger charge is 2.45. The number of benzene rings is 1. The average Bonchev–Trinajstić information content (AvgIpc) is 3.19. The molecule has 0 bridgehead atoms. The molecule has 3 rings (SSSR count). The molecule has 3 atom stereocenters. The van der Waals surface area contributed by atoms with E-state index in [4.69, 9.17) is 32.7 Å². The van der Waals surface area contributed by atoms with Crippen LogP contribution in [0.15, 0.2) is 24.8 Å². The van der Waals surface area contributed by atoms with Crippen LogP contribution in [0.1, 0.15) is 44.0 Å². The van der Waals surface area contributed by atoms with Crippen molar-refractivity contribution in [3.05, 3.63) is 40.4 Å². The predicted molar refractivity (Wildman–Crippen MR) is 114 cm³/mol. The molecular weight excluding hydrogens is 413 g/mol. The van der Waals surface area contributed by atoms with Gasteiger partial charge >= 0.3 is 6.09 Å². The molecule has 7 heteroatoms. The van der Waals surface area contributed by atoms with Crippen molar-refractivity contribution in [2.24, 2.45) is 17.8 Å². The lowest BCUT2D eigenvalue weighted by Gasteiger charge is -2.25. The third-order valence-electron chi connectivity index (χ3n) is 5.42. The highest BCUT2D eigenvalue weighted by molar-refractivity contribution is 6.42. The molecule has 0 radical (unpaired) electrons. The zero-order chi connectivity index (χ0) is 21.3. The number of fused-ring (bicyclic) bond motifs is 1. The Kier molecular flexibility index (Phi) is 6.49. The largest absolute Gasteiger partial charge is 0.489 e. The average molecular weight is 440 g/mol. The predicted octanol–water partition coefficient (Wildman–Crippen LogP) is 5.63. The summed E-state index contributed by atoms with van der Waals surface area (Å²) in [5.41, 5.74) is -0.0570. The summed E-state index contributed by atoms with van der Waals surface area (Å²) in [5.74, 6) is 0.931. The molecule has 0 aromatic heterocycles. The first kappa shape index (κ1) is 22.0. The van der Waals surface area contributed by atoms with Crippen molar-refractivity contribution in [1.29, 1.82) is 0 Å². The maximum absolute atomic E-state index is 13.2. The molecule has 0 N–H and O–H groups in total. The molecule has 2 fully saturated rings. The van der Waals surface area contributed by atoms with Crippen LogP contribution in [0.4, 0.5) is 4.79 Å². The number of amides is 1. The van der Waals surface area contributed by atoms with Crippen LogP contribution >= 0.6 is 23.2 Å². The highest BCUT2D eigenvalue weighted by atomic mass is 35.5. The van der Waals surface area contributed by atoms with E-state index in [0.717, 1.165) is 12.8 Å². The van der Waals surface area contributed by atoms with E-state index in [0.29, 0.717) is 46.3 Å². The lowest BCUT2D eigenvalue weighted by Crippen LogP contribution is -2.36. The zero-order valence-corrected chi connectivity index (χ0v) is 18.6. The van der Waals surface area contributed by atoms with Crippen molar-refractivity contribution in [1.82, 2.24) is 4.90 Å². The SMILES string of the molecule is C=CCOc1cc(Cl)c(Cl)cc1C(=O)C1C[C@@H]2CN(C(=O)OC(C)(C)C)C[C@@H]2C1. The molecule has 5 nitrogen and oxygen atoms in total. The summed E-state index contributed by atoms with van der Waals surface area (Å²) in [6, 6.07) is 3.17. The van der Waals surface area contributed by atoms with E-state index in [9.17, 15) is 9.59 Å². The number of rotatable bonds is 5. The van der Waals surface area contributed by atoms with Crippen LogP contribution in [0.25, 0.3) is 0 Å². The molecule has 2 aliphatic rings. The van der Waals surface area contributed by atoms with Crippen LogP contribution < -0.4 is 4.74 Å². The number of ether oxygens (including phenoxy) is 2. The first-order chi connectivity index (χ1) is 13.6. The Bertz CT molecular complexity index is 804. The Labute approximate surface area is 181 Å². The van der Waals surface area contributed by atoms with Gasteiger partial charge < -0.3 is 14.4 Å². The summed E-state index contributed by atoms with van der Waals surface area (Å²) in [7, 11) is 0. The van der Waals surface area contributed by atoms with Crippen molar-refractivity contribution in [2.75, 3.05) is 19.7 Å². The second-order valence-electron chi connectivity index (χ2n) is 8.80. The number of carbonyl (C=O) groups excluding carboxylic acids is 2. The fraction of sp³-hybridized carbons (Fsp3) is 0.545. The summed E-state index contributed by atoms with van der Waals surface area (Å²) in [6.07, 6.45) is 2.81. The Morgan fingerprint density at radius 2 is 1.76 bits per heavy atom. The van der Waals surface area contributed by atoms with Gasteiger partial charge in [0.1, 0.15) is 18.0 Å². The second-order valence-corrected chi connectivity index (χ2v) is 9.61. The second kappa shape index (κ2) is 8.57. The number of hydrogen-bond acceptors (Lipinski definition) is 4. The lowest BCUT2D eigenvalue weighted by molar-refractivity contribution is 0.0278. The van der Waals surface area contributed by atoms with Gasteiger partial charge in [0.25, 0.3) is 0 Å². The molecule has 1 aliphatic carbocycles. The minimum atomic E-state index is -0.511. The maximum atomic E-state index is 13.2. The smallest absolute Gasteiger partial charge is 0.410 e. The van der Waals surface area contributed by atoms with Crippen LogP contribution in [0.5, 0.6) is 5.75 Å². The third-order valence-corrected chi connectivity index (χ3v) is 6.14. The number of carbonyl (C=O) groups is 2. The van der Waals surface area contributed by atoms with Gasteiger partial charge in [0.05, 0.1) is 15.6 Å². The fourth-order valence-corrected chi connectivity index (χ4v) is 4.52. The van der Waals surface area contributed by atoms with Gasteiger partial charge in [-0.05, 0) is 51.5 Å². The van der Waals surface area contributed by atoms with Crippen molar-refractivity contribution >= 4 is 35.1 Å². The van der Waals surface area contributed by atoms with Gasteiger partial charge in [-0.2, -0.15) is 0 Å². The topological polar surface area (TPSA) is 55.8 Å². The minimum absolute atomic E-state index is 0.0147. The summed E-state index contributed by atoms with van der Waals surface area (Å²) in [4.78, 5) is 27.3. The van der Waals surface area contributed by atoms with Crippen molar-refractivity contribution in [3.63, 3.8) is 0 Å². The molecule has 1 saturated carbocycles. The lowest BCUT2D eigenvalue weighted by atomic mass is 9.94. The maximum Gasteiger partial charge on any atom is 0.410 e. The van der Waals surface area contributed by atoms with Gasteiger partial charge in [-0.15, -0.1) is 0 Å². The molecule has 158 valence electrons. The molecule has 0 spiro atoms. The van der Waals surface area contributed by atoms with E-state index in [1.54, 1.807) is 23.1 Å². The van der Waals surface area contributed by atoms with E-state index in [1.807, 2.05) is 20.8 Å². The standard InChI is InChI=1S/C22H27Cl2NO4/c1-5-6-28-19-10-18(24)17(23)9-16(19)20(26)13-7-14-11-25(12-15(14)8-13)21(27)29-22(2,3)4/h5,9-10,13-15H,1,6-8,11-12H2,2-4H3/t13?,14-,15+. The molecule has 1 aliphatic heterocycles. The summed E-state index contributed by atoms with van der Waals surface area (Å²) in [6.45, 7) is 10.8. The molecule has 1 heterocycles. The number of Topliss-reactive ketones (excluding diaryl/α,β-unsaturated/α-hetero) is 1. The van der Waals surface area contributed by atoms with Gasteiger partial charge in [-0.3, -0.25) is 4.79 Å². The van der Waals surface area contributed by atoms with Crippen LogP contribution in [0.3, 0.4) is 0 Å². The number of ketones is 1. The van der Waals surface area contributed by atoms with E-state index in [1.165, 1.54) is 0 Å². The molecular formula is C22H27Cl2NO4. The first-order valence-corrected chi connectivity index (χ1v) is 10.6. The normalized spacial score (nSPS) is 23.6. The van der Waals surface area contributed by atoms with Gasteiger partial charge in [0, 0.05) is 25.1 Å². The summed E-state index contributed by atoms with van der Waals surface area (Å²) < 4.78 is 11.1. The van der Waals surface area contributed by atoms with Gasteiger partial charge in [-0.25, -0.2) is 4.79 Å². The van der Waals surface area contributed by atoms with Gasteiger partial charge in [0.15, 0.2) is 5.78 Å². The molecule has 29 heavy (non-hydrogen) atoms. The Morgan fingerprint density at radius 1 is 1.17 bits per heavy atom.